The molecule has 0 aliphatic carbocycles. The first-order chi connectivity index (χ1) is 6.24. The highest BCUT2D eigenvalue weighted by Crippen LogP contribution is 1.74. The minimum Gasteiger partial charge on any atom is -0.471 e. The van der Waals surface area contributed by atoms with E-state index in [2.05, 4.69) is 31.5 Å². The standard InChI is InChI=1S/C9H22N4/c1-4-7-8-13(6-3)11-9-12(10)5-2/h7-8,10,12-13H,4-6,9H2,1-3H3/b8-7-. The second-order valence-corrected chi connectivity index (χ2v) is 2.93. The van der Waals surface area contributed by atoms with Gasteiger partial charge in [-0.2, -0.15) is 0 Å². The summed E-state index contributed by atoms with van der Waals surface area (Å²) in [6, 6.07) is 0. The first-order valence-electron chi connectivity index (χ1n) is 5.00. The molecule has 4 nitrogen and oxygen atoms in total. The van der Waals surface area contributed by atoms with Crippen molar-refractivity contribution in [3.8, 4) is 0 Å². The SMILES string of the molecule is CC/C=C\[NH+](CC)[N-]C[NH+]([NH-])CC. The number of nitrogens with one attached hydrogen (secondary N) is 3. The van der Waals surface area contributed by atoms with E-state index in [4.69, 9.17) is 5.84 Å². The normalized spacial score (nSPS) is 16.3. The Morgan fingerprint density at radius 2 is 1.92 bits per heavy atom. The topological polar surface area (TPSA) is 46.8 Å². The lowest BCUT2D eigenvalue weighted by Gasteiger charge is -2.31. The Morgan fingerprint density at radius 1 is 1.23 bits per heavy atom. The summed E-state index contributed by atoms with van der Waals surface area (Å²) in [5, 5.41) is 1.80. The highest BCUT2D eigenvalue weighted by Gasteiger charge is 1.90. The Bertz CT molecular complexity index is 136. The van der Waals surface area contributed by atoms with Gasteiger partial charge in [-0.25, -0.2) is 0 Å². The minimum absolute atomic E-state index is 0.563. The fraction of sp³-hybridized carbons (Fsp3) is 0.778. The van der Waals surface area contributed by atoms with Crippen molar-refractivity contribution < 1.29 is 10.0 Å². The third-order valence-corrected chi connectivity index (χ3v) is 1.81. The molecule has 0 bridgehead atoms. The molecule has 0 rings (SSSR count). The van der Waals surface area contributed by atoms with Gasteiger partial charge in [0.05, 0.1) is 19.3 Å². The number of hydrogen-bond acceptors (Lipinski definition) is 0. The van der Waals surface area contributed by atoms with Gasteiger partial charge in [0.15, 0.2) is 0 Å². The van der Waals surface area contributed by atoms with Gasteiger partial charge in [0.2, 0.25) is 0 Å². The second kappa shape index (κ2) is 8.19. The van der Waals surface area contributed by atoms with E-state index in [-0.39, 0.29) is 0 Å². The zero-order chi connectivity index (χ0) is 10.1. The Kier molecular flexibility index (Phi) is 7.93. The van der Waals surface area contributed by atoms with E-state index in [0.717, 1.165) is 24.5 Å². The molecular formula is C9H22N4. The lowest BCUT2D eigenvalue weighted by atomic mass is 10.5. The summed E-state index contributed by atoms with van der Waals surface area (Å²) >= 11 is 0. The molecule has 2 atom stereocenters. The smallest absolute Gasteiger partial charge is 0.0808 e. The van der Waals surface area contributed by atoms with Gasteiger partial charge in [-0.3, -0.25) is 0 Å². The van der Waals surface area contributed by atoms with Gasteiger partial charge >= 0.3 is 0 Å². The zero-order valence-corrected chi connectivity index (χ0v) is 8.93. The fourth-order valence-corrected chi connectivity index (χ4v) is 0.845. The molecule has 3 N–H and O–H groups in total. The van der Waals surface area contributed by atoms with E-state index in [0.29, 0.717) is 11.7 Å². The summed E-state index contributed by atoms with van der Waals surface area (Å²) in [7, 11) is 0. The van der Waals surface area contributed by atoms with E-state index in [9.17, 15) is 0 Å². The molecule has 0 amide bonds. The van der Waals surface area contributed by atoms with Gasteiger partial charge in [0, 0.05) is 6.67 Å². The Labute approximate surface area is 81.3 Å². The maximum absolute atomic E-state index is 7.45. The maximum Gasteiger partial charge on any atom is 0.0808 e. The van der Waals surface area contributed by atoms with Crippen LogP contribution in [0.2, 0.25) is 0 Å². The first-order valence-corrected chi connectivity index (χ1v) is 5.00. The maximum atomic E-state index is 7.45. The molecule has 0 saturated heterocycles. The van der Waals surface area contributed by atoms with Crippen LogP contribution in [0.4, 0.5) is 0 Å². The lowest BCUT2D eigenvalue weighted by Crippen LogP contribution is -3.11. The Morgan fingerprint density at radius 3 is 2.38 bits per heavy atom. The zero-order valence-electron chi connectivity index (χ0n) is 8.93. The molecule has 78 valence electrons. The number of allylic oxidation sites excluding steroid dienone is 1. The van der Waals surface area contributed by atoms with E-state index in [1.54, 1.807) is 0 Å². The van der Waals surface area contributed by atoms with Crippen molar-refractivity contribution in [2.75, 3.05) is 19.8 Å². The van der Waals surface area contributed by atoms with E-state index in [1.165, 1.54) is 0 Å². The largest absolute Gasteiger partial charge is 0.471 e. The predicted octanol–water partition coefficient (Wildman–Crippen LogP) is -0.0669. The van der Waals surface area contributed by atoms with Crippen LogP contribution in [0.3, 0.4) is 0 Å². The van der Waals surface area contributed by atoms with Crippen LogP contribution < -0.4 is 10.0 Å². The fourth-order valence-electron chi connectivity index (χ4n) is 0.845. The third-order valence-electron chi connectivity index (χ3n) is 1.81. The van der Waals surface area contributed by atoms with E-state index in [1.807, 2.05) is 6.92 Å². The number of rotatable bonds is 7. The summed E-state index contributed by atoms with van der Waals surface area (Å²) in [5.74, 6) is 7.45. The highest BCUT2D eigenvalue weighted by atomic mass is 15.6. The second-order valence-electron chi connectivity index (χ2n) is 2.93. The molecule has 0 saturated carbocycles. The van der Waals surface area contributed by atoms with Gasteiger partial charge in [0.1, 0.15) is 0 Å². The van der Waals surface area contributed by atoms with Gasteiger partial charge in [-0.1, -0.05) is 6.92 Å². The lowest BCUT2D eigenvalue weighted by molar-refractivity contribution is -0.880. The van der Waals surface area contributed by atoms with Crippen LogP contribution in [0.25, 0.3) is 11.3 Å². The molecular weight excluding hydrogens is 164 g/mol. The molecule has 13 heavy (non-hydrogen) atoms. The van der Waals surface area contributed by atoms with Crippen molar-refractivity contribution in [3.05, 3.63) is 23.5 Å². The number of quaternary nitrogens is 2. The van der Waals surface area contributed by atoms with Gasteiger partial charge in [0.25, 0.3) is 0 Å². The highest BCUT2D eigenvalue weighted by molar-refractivity contribution is 4.71. The summed E-state index contributed by atoms with van der Waals surface area (Å²) in [6.07, 6.45) is 5.21. The summed E-state index contributed by atoms with van der Waals surface area (Å²) < 4.78 is 0. The molecule has 0 aliphatic heterocycles. The first kappa shape index (κ1) is 12.6. The summed E-state index contributed by atoms with van der Waals surface area (Å²) in [6.45, 7) is 8.51. The third kappa shape index (κ3) is 6.72. The van der Waals surface area contributed by atoms with Crippen molar-refractivity contribution in [2.24, 2.45) is 0 Å². The quantitative estimate of drug-likeness (QED) is 0.523. The van der Waals surface area contributed by atoms with Gasteiger partial charge < -0.3 is 21.3 Å². The molecule has 0 aromatic carbocycles. The monoisotopic (exact) mass is 186 g/mol. The molecule has 0 aromatic heterocycles. The molecule has 0 aromatic rings. The molecule has 0 radical (unpaired) electrons. The van der Waals surface area contributed by atoms with Crippen LogP contribution >= 0.6 is 0 Å². The molecule has 0 aliphatic rings. The van der Waals surface area contributed by atoms with E-state index >= 15 is 0 Å². The Hall–Kier alpha value is -0.420. The summed E-state index contributed by atoms with van der Waals surface area (Å²) in [5.41, 5.74) is 4.36. The average molecular weight is 186 g/mol. The van der Waals surface area contributed by atoms with Crippen LogP contribution in [-0.2, 0) is 0 Å². The van der Waals surface area contributed by atoms with Crippen molar-refractivity contribution in [1.82, 2.24) is 0 Å². The van der Waals surface area contributed by atoms with Crippen molar-refractivity contribution in [2.45, 2.75) is 27.2 Å². The number of nitrogens with zero attached hydrogens (tertiary/aromatic N) is 1. The van der Waals surface area contributed by atoms with E-state index < -0.39 is 0 Å². The minimum atomic E-state index is 0.563. The van der Waals surface area contributed by atoms with Crippen molar-refractivity contribution in [1.29, 1.82) is 0 Å². The van der Waals surface area contributed by atoms with Crippen LogP contribution in [0, 0.1) is 0 Å². The van der Waals surface area contributed by atoms with Gasteiger partial charge in [-0.05, 0) is 26.3 Å². The van der Waals surface area contributed by atoms with Gasteiger partial charge in [-0.15, -0.1) is 0 Å². The molecule has 2 unspecified atom stereocenters. The Balaban J connectivity index is 3.65. The average Bonchev–Trinajstić information content (AvgIpc) is 2.17. The molecule has 0 heterocycles. The molecule has 4 heteroatoms. The molecule has 0 fully saturated rings. The van der Waals surface area contributed by atoms with Crippen LogP contribution in [0.1, 0.15) is 27.2 Å². The van der Waals surface area contributed by atoms with Crippen LogP contribution in [-0.4, -0.2) is 19.8 Å². The predicted molar refractivity (Wildman–Crippen MR) is 55.0 cm³/mol. The summed E-state index contributed by atoms with van der Waals surface area (Å²) in [4.78, 5) is 0. The van der Waals surface area contributed by atoms with Crippen LogP contribution in [0.15, 0.2) is 12.3 Å². The molecule has 0 spiro atoms. The van der Waals surface area contributed by atoms with Crippen molar-refractivity contribution >= 4 is 0 Å². The van der Waals surface area contributed by atoms with Crippen molar-refractivity contribution in [3.63, 3.8) is 0 Å². The van der Waals surface area contributed by atoms with Crippen LogP contribution in [0.5, 0.6) is 0 Å². The number of hydrogen-bond donors (Lipinski definition) is 2.